The molecule has 0 radical (unpaired) electrons. The van der Waals surface area contributed by atoms with Gasteiger partial charge in [-0.25, -0.2) is 9.97 Å². The molecule has 0 fully saturated rings. The summed E-state index contributed by atoms with van der Waals surface area (Å²) in [4.78, 5) is 8.58. The molecule has 2 rings (SSSR count). The van der Waals surface area contributed by atoms with Crippen LogP contribution in [-0.4, -0.2) is 24.1 Å². The summed E-state index contributed by atoms with van der Waals surface area (Å²) in [6.07, 6.45) is 1.76. The molecule has 0 amide bonds. The Morgan fingerprint density at radius 3 is 2.58 bits per heavy atom. The lowest BCUT2D eigenvalue weighted by Crippen LogP contribution is -2.10. The molecule has 5 nitrogen and oxygen atoms in total. The van der Waals surface area contributed by atoms with Crippen LogP contribution in [0.3, 0.4) is 0 Å². The zero-order valence-electron chi connectivity index (χ0n) is 11.2. The van der Waals surface area contributed by atoms with E-state index in [1.807, 2.05) is 37.4 Å². The Hall–Kier alpha value is -2.14. The molecule has 0 saturated carbocycles. The second kappa shape index (κ2) is 6.70. The molecule has 19 heavy (non-hydrogen) atoms. The van der Waals surface area contributed by atoms with Crippen molar-refractivity contribution < 1.29 is 4.74 Å². The number of rotatable bonds is 6. The van der Waals surface area contributed by atoms with Crippen LogP contribution in [-0.2, 0) is 13.1 Å². The average Bonchev–Trinajstić information content (AvgIpc) is 2.46. The molecule has 1 aromatic heterocycles. The number of hydrogen-bond acceptors (Lipinski definition) is 5. The van der Waals surface area contributed by atoms with Gasteiger partial charge in [-0.15, -0.1) is 0 Å². The number of ether oxygens (including phenoxy) is 1. The molecular formula is C14H18N4O. The van der Waals surface area contributed by atoms with Crippen LogP contribution in [0.5, 0.6) is 5.75 Å². The van der Waals surface area contributed by atoms with Gasteiger partial charge in [-0.2, -0.15) is 0 Å². The first-order valence-electron chi connectivity index (χ1n) is 6.15. The van der Waals surface area contributed by atoms with Crippen LogP contribution in [0.4, 0.5) is 5.82 Å². The smallest absolute Gasteiger partial charge is 0.144 e. The van der Waals surface area contributed by atoms with Crippen LogP contribution < -0.4 is 15.4 Å². The molecule has 0 aliphatic rings. The quantitative estimate of drug-likeness (QED) is 0.827. The van der Waals surface area contributed by atoms with E-state index in [9.17, 15) is 0 Å². The van der Waals surface area contributed by atoms with Gasteiger partial charge in [0.25, 0.3) is 0 Å². The van der Waals surface area contributed by atoms with Gasteiger partial charge < -0.3 is 15.4 Å². The number of aromatic nitrogens is 2. The number of anilines is 1. The molecule has 2 N–H and O–H groups in total. The largest absolute Gasteiger partial charge is 0.497 e. The SMILES string of the molecule is CNCc1nccc(NCc2ccc(OC)cc2)n1. The highest BCUT2D eigenvalue weighted by molar-refractivity contribution is 5.35. The van der Waals surface area contributed by atoms with Crippen LogP contribution in [0.2, 0.25) is 0 Å². The highest BCUT2D eigenvalue weighted by atomic mass is 16.5. The van der Waals surface area contributed by atoms with Gasteiger partial charge in [-0.3, -0.25) is 0 Å². The molecule has 5 heteroatoms. The first-order valence-corrected chi connectivity index (χ1v) is 6.15. The number of hydrogen-bond donors (Lipinski definition) is 2. The summed E-state index contributed by atoms with van der Waals surface area (Å²) in [5.41, 5.74) is 1.18. The van der Waals surface area contributed by atoms with Crippen molar-refractivity contribution in [1.29, 1.82) is 0 Å². The van der Waals surface area contributed by atoms with Gasteiger partial charge >= 0.3 is 0 Å². The predicted octanol–water partition coefficient (Wildman–Crippen LogP) is 1.82. The minimum absolute atomic E-state index is 0.665. The Bertz CT molecular complexity index is 513. The highest BCUT2D eigenvalue weighted by Crippen LogP contribution is 2.12. The lowest BCUT2D eigenvalue weighted by atomic mass is 10.2. The molecular weight excluding hydrogens is 240 g/mol. The third-order valence-corrected chi connectivity index (χ3v) is 2.67. The fourth-order valence-electron chi connectivity index (χ4n) is 1.68. The predicted molar refractivity (Wildman–Crippen MR) is 75.1 cm³/mol. The topological polar surface area (TPSA) is 59.1 Å². The van der Waals surface area contributed by atoms with Crippen molar-refractivity contribution in [2.45, 2.75) is 13.1 Å². The second-order valence-corrected chi connectivity index (χ2v) is 4.09. The Balaban J connectivity index is 1.95. The summed E-state index contributed by atoms with van der Waals surface area (Å²) in [5, 5.41) is 6.31. The van der Waals surface area contributed by atoms with E-state index >= 15 is 0 Å². The van der Waals surface area contributed by atoms with E-state index < -0.39 is 0 Å². The molecule has 1 aromatic carbocycles. The summed E-state index contributed by atoms with van der Waals surface area (Å²) < 4.78 is 5.13. The van der Waals surface area contributed by atoms with Gasteiger partial charge in [0.2, 0.25) is 0 Å². The van der Waals surface area contributed by atoms with E-state index in [4.69, 9.17) is 4.74 Å². The Labute approximate surface area is 113 Å². The normalized spacial score (nSPS) is 10.2. The van der Waals surface area contributed by atoms with Gasteiger partial charge in [0.1, 0.15) is 17.4 Å². The van der Waals surface area contributed by atoms with E-state index in [0.29, 0.717) is 6.54 Å². The van der Waals surface area contributed by atoms with E-state index in [1.54, 1.807) is 13.3 Å². The molecule has 0 saturated heterocycles. The Morgan fingerprint density at radius 1 is 1.11 bits per heavy atom. The zero-order chi connectivity index (χ0) is 13.5. The molecule has 0 aliphatic heterocycles. The van der Waals surface area contributed by atoms with E-state index in [-0.39, 0.29) is 0 Å². The van der Waals surface area contributed by atoms with Crippen LogP contribution in [0, 0.1) is 0 Å². The Kier molecular flexibility index (Phi) is 4.69. The number of methoxy groups -OCH3 is 1. The maximum absolute atomic E-state index is 5.13. The van der Waals surface area contributed by atoms with Crippen molar-refractivity contribution in [3.63, 3.8) is 0 Å². The van der Waals surface area contributed by atoms with Gasteiger partial charge in [0, 0.05) is 12.7 Å². The maximum atomic E-state index is 5.13. The standard InChI is InChI=1S/C14H18N4O/c1-15-10-14-16-8-7-13(18-14)17-9-11-3-5-12(19-2)6-4-11/h3-8,15H,9-10H2,1-2H3,(H,16,17,18). The lowest BCUT2D eigenvalue weighted by molar-refractivity contribution is 0.414. The lowest BCUT2D eigenvalue weighted by Gasteiger charge is -2.07. The van der Waals surface area contributed by atoms with Crippen LogP contribution >= 0.6 is 0 Å². The van der Waals surface area contributed by atoms with Crippen molar-refractivity contribution in [1.82, 2.24) is 15.3 Å². The van der Waals surface area contributed by atoms with Gasteiger partial charge in [-0.1, -0.05) is 12.1 Å². The molecule has 0 bridgehead atoms. The molecule has 1 heterocycles. The van der Waals surface area contributed by atoms with Crippen molar-refractivity contribution in [2.24, 2.45) is 0 Å². The second-order valence-electron chi connectivity index (χ2n) is 4.09. The van der Waals surface area contributed by atoms with Gasteiger partial charge in [0.15, 0.2) is 0 Å². The third-order valence-electron chi connectivity index (χ3n) is 2.67. The monoisotopic (exact) mass is 258 g/mol. The summed E-state index contributed by atoms with van der Waals surface area (Å²) in [6.45, 7) is 1.39. The van der Waals surface area contributed by atoms with Crippen molar-refractivity contribution in [3.8, 4) is 5.75 Å². The van der Waals surface area contributed by atoms with Crippen molar-refractivity contribution in [3.05, 3.63) is 47.9 Å². The summed E-state index contributed by atoms with van der Waals surface area (Å²) in [6, 6.07) is 9.82. The minimum Gasteiger partial charge on any atom is -0.497 e. The van der Waals surface area contributed by atoms with Crippen LogP contribution in [0.15, 0.2) is 36.5 Å². The molecule has 0 unspecified atom stereocenters. The first kappa shape index (κ1) is 13.3. The van der Waals surface area contributed by atoms with Crippen molar-refractivity contribution in [2.75, 3.05) is 19.5 Å². The summed E-state index contributed by atoms with van der Waals surface area (Å²) in [7, 11) is 3.54. The number of nitrogens with zero attached hydrogens (tertiary/aromatic N) is 2. The van der Waals surface area contributed by atoms with Crippen molar-refractivity contribution >= 4 is 5.82 Å². The molecule has 0 spiro atoms. The third kappa shape index (κ3) is 3.93. The molecule has 2 aromatic rings. The molecule has 100 valence electrons. The van der Waals surface area contributed by atoms with Crippen LogP contribution in [0.25, 0.3) is 0 Å². The maximum Gasteiger partial charge on any atom is 0.144 e. The zero-order valence-corrected chi connectivity index (χ0v) is 11.2. The van der Waals surface area contributed by atoms with Gasteiger partial charge in [0.05, 0.1) is 13.7 Å². The van der Waals surface area contributed by atoms with E-state index in [0.717, 1.165) is 23.9 Å². The average molecular weight is 258 g/mol. The fourth-order valence-corrected chi connectivity index (χ4v) is 1.68. The van der Waals surface area contributed by atoms with E-state index in [1.165, 1.54) is 5.56 Å². The number of benzene rings is 1. The molecule has 0 aliphatic carbocycles. The van der Waals surface area contributed by atoms with E-state index in [2.05, 4.69) is 20.6 Å². The number of nitrogens with one attached hydrogen (secondary N) is 2. The summed E-state index contributed by atoms with van der Waals surface area (Å²) in [5.74, 6) is 2.47. The highest BCUT2D eigenvalue weighted by Gasteiger charge is 1.99. The fraction of sp³-hybridized carbons (Fsp3) is 0.286. The summed E-state index contributed by atoms with van der Waals surface area (Å²) >= 11 is 0. The van der Waals surface area contributed by atoms with Gasteiger partial charge in [-0.05, 0) is 30.8 Å². The Morgan fingerprint density at radius 2 is 1.89 bits per heavy atom. The molecule has 0 atom stereocenters. The first-order chi connectivity index (χ1) is 9.31. The minimum atomic E-state index is 0.665. The van der Waals surface area contributed by atoms with Crippen LogP contribution in [0.1, 0.15) is 11.4 Å².